The van der Waals surface area contributed by atoms with Crippen molar-refractivity contribution in [3.8, 4) is 0 Å². The number of carbonyl (C=O) groups is 1. The van der Waals surface area contributed by atoms with Crippen LogP contribution in [-0.2, 0) is 4.74 Å². The summed E-state index contributed by atoms with van der Waals surface area (Å²) in [6.45, 7) is 4.49. The Kier molecular flexibility index (Phi) is 10.2. The van der Waals surface area contributed by atoms with Crippen molar-refractivity contribution < 1.29 is 14.6 Å². The second-order valence-electron chi connectivity index (χ2n) is 4.82. The Hall–Kier alpha value is -1.52. The standard InChI is InChI=1S/C18H24O3S/c1-16(22-15-8-3-2-7-13-19)10-9-14-21-18(20)17-11-5-4-6-12-17/h4-6,9-12,19H,1-3,7-8,13-15H2/b10-9+. The van der Waals surface area contributed by atoms with E-state index in [-0.39, 0.29) is 19.2 Å². The first kappa shape index (κ1) is 18.5. The van der Waals surface area contributed by atoms with Gasteiger partial charge in [-0.2, -0.15) is 0 Å². The lowest BCUT2D eigenvalue weighted by atomic mass is 10.2. The monoisotopic (exact) mass is 320 g/mol. The third-order valence-corrected chi connectivity index (χ3v) is 3.96. The van der Waals surface area contributed by atoms with Gasteiger partial charge in [0, 0.05) is 6.61 Å². The predicted octanol–water partition coefficient (Wildman–Crippen LogP) is 4.20. The predicted molar refractivity (Wildman–Crippen MR) is 93.0 cm³/mol. The molecular weight excluding hydrogens is 296 g/mol. The summed E-state index contributed by atoms with van der Waals surface area (Å²) in [6, 6.07) is 8.95. The second-order valence-corrected chi connectivity index (χ2v) is 6.04. The fraction of sp³-hybridized carbons (Fsp3) is 0.389. The van der Waals surface area contributed by atoms with Gasteiger partial charge in [-0.3, -0.25) is 0 Å². The Labute approximate surface area is 137 Å². The van der Waals surface area contributed by atoms with Gasteiger partial charge in [-0.15, -0.1) is 11.8 Å². The molecule has 0 bridgehead atoms. The van der Waals surface area contributed by atoms with E-state index in [2.05, 4.69) is 6.58 Å². The highest BCUT2D eigenvalue weighted by molar-refractivity contribution is 8.03. The number of carbonyl (C=O) groups excluding carboxylic acids is 1. The summed E-state index contributed by atoms with van der Waals surface area (Å²) < 4.78 is 5.15. The maximum atomic E-state index is 11.7. The molecule has 0 saturated carbocycles. The normalized spacial score (nSPS) is 10.8. The zero-order chi connectivity index (χ0) is 16.0. The molecule has 1 aromatic carbocycles. The van der Waals surface area contributed by atoms with E-state index < -0.39 is 0 Å². The molecule has 0 atom stereocenters. The topological polar surface area (TPSA) is 46.5 Å². The molecule has 0 amide bonds. The number of rotatable bonds is 11. The average Bonchev–Trinajstić information content (AvgIpc) is 2.55. The maximum absolute atomic E-state index is 11.7. The lowest BCUT2D eigenvalue weighted by Crippen LogP contribution is -2.04. The molecular formula is C18H24O3S. The number of allylic oxidation sites excluding steroid dienone is 1. The fourth-order valence-electron chi connectivity index (χ4n) is 1.78. The summed E-state index contributed by atoms with van der Waals surface area (Å²) in [5.41, 5.74) is 0.562. The van der Waals surface area contributed by atoms with Gasteiger partial charge in [0.25, 0.3) is 0 Å². The number of ether oxygens (including phenoxy) is 1. The summed E-state index contributed by atoms with van der Waals surface area (Å²) in [4.78, 5) is 12.7. The Morgan fingerprint density at radius 1 is 1.18 bits per heavy atom. The molecule has 0 fully saturated rings. The smallest absolute Gasteiger partial charge is 0.338 e. The van der Waals surface area contributed by atoms with Crippen LogP contribution in [0.15, 0.2) is 54.0 Å². The van der Waals surface area contributed by atoms with E-state index in [4.69, 9.17) is 9.84 Å². The van der Waals surface area contributed by atoms with Crippen molar-refractivity contribution in [3.63, 3.8) is 0 Å². The van der Waals surface area contributed by atoms with Gasteiger partial charge in [0.1, 0.15) is 6.61 Å². The summed E-state index contributed by atoms with van der Waals surface area (Å²) in [6.07, 6.45) is 7.92. The average molecular weight is 320 g/mol. The van der Waals surface area contributed by atoms with E-state index in [1.165, 1.54) is 0 Å². The SMILES string of the molecule is C=C(/C=C/COC(=O)c1ccccc1)SCCCCCCO. The van der Waals surface area contributed by atoms with Crippen LogP contribution in [0.4, 0.5) is 0 Å². The van der Waals surface area contributed by atoms with E-state index in [1.54, 1.807) is 23.9 Å². The Bertz CT molecular complexity index is 468. The van der Waals surface area contributed by atoms with Gasteiger partial charge in [-0.1, -0.05) is 37.6 Å². The van der Waals surface area contributed by atoms with Crippen LogP contribution in [0.1, 0.15) is 36.0 Å². The molecule has 0 heterocycles. The van der Waals surface area contributed by atoms with Gasteiger partial charge in [-0.25, -0.2) is 4.79 Å². The summed E-state index contributed by atoms with van der Waals surface area (Å²) in [5.74, 6) is 0.714. The molecule has 1 rings (SSSR count). The zero-order valence-corrected chi connectivity index (χ0v) is 13.7. The van der Waals surface area contributed by atoms with Crippen LogP contribution in [0.3, 0.4) is 0 Å². The number of esters is 1. The van der Waals surface area contributed by atoms with E-state index in [1.807, 2.05) is 30.4 Å². The Balaban J connectivity index is 2.09. The first-order chi connectivity index (χ1) is 10.7. The van der Waals surface area contributed by atoms with Crippen molar-refractivity contribution in [1.82, 2.24) is 0 Å². The van der Waals surface area contributed by atoms with Gasteiger partial charge in [0.15, 0.2) is 0 Å². The first-order valence-electron chi connectivity index (χ1n) is 7.55. The van der Waals surface area contributed by atoms with Crippen LogP contribution in [0.2, 0.25) is 0 Å². The molecule has 1 aromatic rings. The van der Waals surface area contributed by atoms with Crippen molar-refractivity contribution in [2.24, 2.45) is 0 Å². The third kappa shape index (κ3) is 8.70. The minimum absolute atomic E-state index is 0.254. The molecule has 120 valence electrons. The number of unbranched alkanes of at least 4 members (excludes halogenated alkanes) is 3. The maximum Gasteiger partial charge on any atom is 0.338 e. The fourth-order valence-corrected chi connectivity index (χ4v) is 2.58. The van der Waals surface area contributed by atoms with Gasteiger partial charge < -0.3 is 9.84 Å². The molecule has 0 unspecified atom stereocenters. The van der Waals surface area contributed by atoms with Crippen molar-refractivity contribution >= 4 is 17.7 Å². The molecule has 0 spiro atoms. The third-order valence-electron chi connectivity index (χ3n) is 2.96. The summed E-state index contributed by atoms with van der Waals surface area (Å²) in [5, 5.41) is 8.68. The number of hydrogen-bond donors (Lipinski definition) is 1. The van der Waals surface area contributed by atoms with Crippen LogP contribution < -0.4 is 0 Å². The highest BCUT2D eigenvalue weighted by Gasteiger charge is 2.03. The molecule has 0 aliphatic carbocycles. The minimum atomic E-state index is -0.313. The highest BCUT2D eigenvalue weighted by atomic mass is 32.2. The number of thioether (sulfide) groups is 1. The van der Waals surface area contributed by atoms with Gasteiger partial charge in [0.05, 0.1) is 5.56 Å². The molecule has 0 radical (unpaired) electrons. The molecule has 0 aliphatic heterocycles. The van der Waals surface area contributed by atoms with Gasteiger partial charge in [0.2, 0.25) is 0 Å². The van der Waals surface area contributed by atoms with Crippen molar-refractivity contribution in [1.29, 1.82) is 0 Å². The van der Waals surface area contributed by atoms with Crippen LogP contribution in [0.5, 0.6) is 0 Å². The lowest BCUT2D eigenvalue weighted by molar-refractivity contribution is 0.0549. The van der Waals surface area contributed by atoms with Crippen LogP contribution in [0.25, 0.3) is 0 Å². The summed E-state index contributed by atoms with van der Waals surface area (Å²) in [7, 11) is 0. The molecule has 0 aromatic heterocycles. The van der Waals surface area contributed by atoms with Gasteiger partial charge >= 0.3 is 5.97 Å². The van der Waals surface area contributed by atoms with Crippen LogP contribution in [0, 0.1) is 0 Å². The number of aliphatic hydroxyl groups excluding tert-OH is 1. The number of aliphatic hydroxyl groups is 1. The van der Waals surface area contributed by atoms with E-state index in [0.717, 1.165) is 36.3 Å². The second kappa shape index (κ2) is 12.1. The van der Waals surface area contributed by atoms with E-state index in [9.17, 15) is 4.79 Å². The minimum Gasteiger partial charge on any atom is -0.458 e. The Morgan fingerprint density at radius 3 is 2.64 bits per heavy atom. The summed E-state index contributed by atoms with van der Waals surface area (Å²) >= 11 is 1.71. The van der Waals surface area contributed by atoms with Gasteiger partial charge in [-0.05, 0) is 47.8 Å². The molecule has 22 heavy (non-hydrogen) atoms. The molecule has 4 heteroatoms. The largest absolute Gasteiger partial charge is 0.458 e. The molecule has 3 nitrogen and oxygen atoms in total. The molecule has 0 aliphatic rings. The Morgan fingerprint density at radius 2 is 1.91 bits per heavy atom. The number of benzene rings is 1. The van der Waals surface area contributed by atoms with E-state index >= 15 is 0 Å². The van der Waals surface area contributed by atoms with Crippen LogP contribution in [-0.4, -0.2) is 30.0 Å². The van der Waals surface area contributed by atoms with E-state index in [0.29, 0.717) is 5.56 Å². The quantitative estimate of drug-likeness (QED) is 0.377. The lowest BCUT2D eigenvalue weighted by Gasteiger charge is -2.02. The number of hydrogen-bond acceptors (Lipinski definition) is 4. The molecule has 0 saturated heterocycles. The van der Waals surface area contributed by atoms with Crippen molar-refractivity contribution in [2.75, 3.05) is 19.0 Å². The highest BCUT2D eigenvalue weighted by Crippen LogP contribution is 2.17. The first-order valence-corrected chi connectivity index (χ1v) is 8.54. The van der Waals surface area contributed by atoms with Crippen LogP contribution >= 0.6 is 11.8 Å². The zero-order valence-electron chi connectivity index (χ0n) is 12.9. The molecule has 1 N–H and O–H groups in total. The van der Waals surface area contributed by atoms with Crippen molar-refractivity contribution in [2.45, 2.75) is 25.7 Å². The van der Waals surface area contributed by atoms with Crippen molar-refractivity contribution in [3.05, 3.63) is 59.5 Å².